The first kappa shape index (κ1) is 14.3. The average molecular weight is 299 g/mol. The third-order valence-electron chi connectivity index (χ3n) is 3.49. The maximum absolute atomic E-state index is 10.3. The normalized spacial score (nSPS) is 12.3. The number of nitrogens with one attached hydrogen (secondary N) is 1. The van der Waals surface area contributed by atoms with Gasteiger partial charge in [0, 0.05) is 13.6 Å². The number of aromatic nitrogens is 4. The molecule has 1 aromatic carbocycles. The van der Waals surface area contributed by atoms with Gasteiger partial charge >= 0.3 is 0 Å². The van der Waals surface area contributed by atoms with Crippen LogP contribution in [-0.4, -0.2) is 38.5 Å². The number of aryl methyl sites for hydroxylation is 1. The van der Waals surface area contributed by atoms with Crippen LogP contribution in [0, 0.1) is 0 Å². The van der Waals surface area contributed by atoms with E-state index < -0.39 is 6.10 Å². The van der Waals surface area contributed by atoms with Crippen LogP contribution in [0.5, 0.6) is 5.75 Å². The van der Waals surface area contributed by atoms with Gasteiger partial charge in [-0.05, 0) is 17.7 Å². The SMILES string of the molecule is COc1ccc([C@H](O)CNc2ncnc3c2cnn3C)cc1. The van der Waals surface area contributed by atoms with Gasteiger partial charge in [0.25, 0.3) is 0 Å². The lowest BCUT2D eigenvalue weighted by Gasteiger charge is -2.13. The third-order valence-corrected chi connectivity index (χ3v) is 3.49. The Morgan fingerprint density at radius 3 is 2.77 bits per heavy atom. The smallest absolute Gasteiger partial charge is 0.163 e. The summed E-state index contributed by atoms with van der Waals surface area (Å²) in [5.74, 6) is 1.42. The summed E-state index contributed by atoms with van der Waals surface area (Å²) in [6, 6.07) is 7.32. The van der Waals surface area contributed by atoms with E-state index in [4.69, 9.17) is 4.74 Å². The van der Waals surface area contributed by atoms with Crippen LogP contribution < -0.4 is 10.1 Å². The molecule has 2 aromatic heterocycles. The second kappa shape index (κ2) is 5.98. The summed E-state index contributed by atoms with van der Waals surface area (Å²) in [6.45, 7) is 0.341. The Balaban J connectivity index is 1.72. The van der Waals surface area contributed by atoms with Gasteiger partial charge in [-0.2, -0.15) is 5.10 Å². The maximum atomic E-state index is 10.3. The molecule has 0 unspecified atom stereocenters. The molecule has 0 fully saturated rings. The molecular formula is C15H17N5O2. The van der Waals surface area contributed by atoms with E-state index in [2.05, 4.69) is 20.4 Å². The third kappa shape index (κ3) is 2.71. The van der Waals surface area contributed by atoms with Crippen LogP contribution in [0.1, 0.15) is 11.7 Å². The zero-order valence-electron chi connectivity index (χ0n) is 12.4. The molecule has 2 N–H and O–H groups in total. The molecule has 3 rings (SSSR count). The predicted molar refractivity (Wildman–Crippen MR) is 82.7 cm³/mol. The van der Waals surface area contributed by atoms with Crippen LogP contribution in [0.25, 0.3) is 11.0 Å². The van der Waals surface area contributed by atoms with Gasteiger partial charge in [-0.15, -0.1) is 0 Å². The lowest BCUT2D eigenvalue weighted by atomic mass is 10.1. The molecule has 22 heavy (non-hydrogen) atoms. The largest absolute Gasteiger partial charge is 0.497 e. The predicted octanol–water partition coefficient (Wildman–Crippen LogP) is 1.52. The number of aliphatic hydroxyl groups excluding tert-OH is 1. The maximum Gasteiger partial charge on any atom is 0.163 e. The Kier molecular flexibility index (Phi) is 3.88. The van der Waals surface area contributed by atoms with E-state index in [1.807, 2.05) is 31.3 Å². The van der Waals surface area contributed by atoms with Crippen molar-refractivity contribution in [2.45, 2.75) is 6.10 Å². The minimum atomic E-state index is -0.646. The van der Waals surface area contributed by atoms with Gasteiger partial charge in [-0.1, -0.05) is 12.1 Å². The van der Waals surface area contributed by atoms with Crippen molar-refractivity contribution in [1.29, 1.82) is 0 Å². The molecule has 7 nitrogen and oxygen atoms in total. The monoisotopic (exact) mass is 299 g/mol. The lowest BCUT2D eigenvalue weighted by molar-refractivity contribution is 0.191. The molecule has 0 aliphatic heterocycles. The van der Waals surface area contributed by atoms with Crippen molar-refractivity contribution in [3.8, 4) is 5.75 Å². The second-order valence-corrected chi connectivity index (χ2v) is 4.90. The summed E-state index contributed by atoms with van der Waals surface area (Å²) in [5, 5.41) is 18.4. The van der Waals surface area contributed by atoms with Crippen LogP contribution in [0.2, 0.25) is 0 Å². The summed E-state index contributed by atoms with van der Waals surface area (Å²) < 4.78 is 6.79. The molecule has 114 valence electrons. The topological polar surface area (TPSA) is 85.1 Å². The zero-order chi connectivity index (χ0) is 15.5. The summed E-state index contributed by atoms with van der Waals surface area (Å²) in [5.41, 5.74) is 1.56. The number of aliphatic hydroxyl groups is 1. The van der Waals surface area contributed by atoms with Crippen LogP contribution in [0.3, 0.4) is 0 Å². The van der Waals surface area contributed by atoms with Gasteiger partial charge in [0.05, 0.1) is 24.8 Å². The van der Waals surface area contributed by atoms with E-state index in [-0.39, 0.29) is 0 Å². The molecule has 0 spiro atoms. The highest BCUT2D eigenvalue weighted by molar-refractivity contribution is 5.85. The minimum Gasteiger partial charge on any atom is -0.497 e. The van der Waals surface area contributed by atoms with Crippen molar-refractivity contribution in [2.24, 2.45) is 7.05 Å². The Labute approximate surface area is 127 Å². The molecule has 0 radical (unpaired) electrons. The Morgan fingerprint density at radius 1 is 1.27 bits per heavy atom. The molecule has 0 aliphatic rings. The number of hydrogen-bond acceptors (Lipinski definition) is 6. The summed E-state index contributed by atoms with van der Waals surface area (Å²) in [6.07, 6.45) is 2.54. The molecule has 1 atom stereocenters. The molecule has 0 amide bonds. The Hall–Kier alpha value is -2.67. The zero-order valence-corrected chi connectivity index (χ0v) is 12.4. The van der Waals surface area contributed by atoms with Crippen LogP contribution in [0.4, 0.5) is 5.82 Å². The lowest BCUT2D eigenvalue weighted by Crippen LogP contribution is -2.13. The van der Waals surface area contributed by atoms with Crippen LogP contribution >= 0.6 is 0 Å². The van der Waals surface area contributed by atoms with E-state index in [1.165, 1.54) is 6.33 Å². The number of anilines is 1. The molecule has 0 bridgehead atoms. The van der Waals surface area contributed by atoms with E-state index in [0.717, 1.165) is 22.3 Å². The highest BCUT2D eigenvalue weighted by Gasteiger charge is 2.11. The van der Waals surface area contributed by atoms with Gasteiger partial charge in [0.15, 0.2) is 5.65 Å². The first-order chi connectivity index (χ1) is 10.7. The highest BCUT2D eigenvalue weighted by atomic mass is 16.5. The summed E-state index contributed by atoms with van der Waals surface area (Å²) in [4.78, 5) is 8.39. The quantitative estimate of drug-likeness (QED) is 0.743. The number of fused-ring (bicyclic) bond motifs is 1. The number of nitrogens with zero attached hydrogens (tertiary/aromatic N) is 4. The van der Waals surface area contributed by atoms with Gasteiger partial charge in [0.2, 0.25) is 0 Å². The standard InChI is InChI=1S/C15H17N5O2/c1-20-15-12(7-19-20)14(17-9-18-15)16-8-13(21)10-3-5-11(22-2)6-4-10/h3-7,9,13,21H,8H2,1-2H3,(H,16,17,18)/t13-/m1/s1. The van der Waals surface area contributed by atoms with Crippen molar-refractivity contribution >= 4 is 16.9 Å². The molecular weight excluding hydrogens is 282 g/mol. The number of benzene rings is 1. The van der Waals surface area contributed by atoms with Crippen molar-refractivity contribution in [2.75, 3.05) is 19.0 Å². The fourth-order valence-electron chi connectivity index (χ4n) is 2.24. The Morgan fingerprint density at radius 2 is 2.05 bits per heavy atom. The average Bonchev–Trinajstić information content (AvgIpc) is 2.95. The second-order valence-electron chi connectivity index (χ2n) is 4.90. The van der Waals surface area contributed by atoms with E-state index in [9.17, 15) is 5.11 Å². The molecule has 3 aromatic rings. The van der Waals surface area contributed by atoms with E-state index in [0.29, 0.717) is 12.4 Å². The number of methoxy groups -OCH3 is 1. The number of hydrogen-bond donors (Lipinski definition) is 2. The van der Waals surface area contributed by atoms with Crippen molar-refractivity contribution in [3.05, 3.63) is 42.4 Å². The summed E-state index contributed by atoms with van der Waals surface area (Å²) >= 11 is 0. The van der Waals surface area contributed by atoms with E-state index >= 15 is 0 Å². The Bertz CT molecular complexity index is 769. The minimum absolute atomic E-state index is 0.341. The van der Waals surface area contributed by atoms with Gasteiger partial charge in [-0.3, -0.25) is 4.68 Å². The van der Waals surface area contributed by atoms with Crippen molar-refractivity contribution in [1.82, 2.24) is 19.7 Å². The molecule has 0 aliphatic carbocycles. The van der Waals surface area contributed by atoms with Crippen molar-refractivity contribution in [3.63, 3.8) is 0 Å². The van der Waals surface area contributed by atoms with Crippen LogP contribution in [0.15, 0.2) is 36.8 Å². The van der Waals surface area contributed by atoms with Crippen LogP contribution in [-0.2, 0) is 7.05 Å². The molecule has 2 heterocycles. The molecule has 0 saturated carbocycles. The first-order valence-electron chi connectivity index (χ1n) is 6.87. The van der Waals surface area contributed by atoms with Gasteiger partial charge in [-0.25, -0.2) is 9.97 Å². The van der Waals surface area contributed by atoms with Gasteiger partial charge < -0.3 is 15.2 Å². The summed E-state index contributed by atoms with van der Waals surface area (Å²) in [7, 11) is 3.44. The fourth-order valence-corrected chi connectivity index (χ4v) is 2.24. The van der Waals surface area contributed by atoms with Gasteiger partial charge in [0.1, 0.15) is 17.9 Å². The number of rotatable bonds is 5. The number of ether oxygens (including phenoxy) is 1. The first-order valence-corrected chi connectivity index (χ1v) is 6.87. The van der Waals surface area contributed by atoms with Crippen molar-refractivity contribution < 1.29 is 9.84 Å². The molecule has 0 saturated heterocycles. The van der Waals surface area contributed by atoms with E-state index in [1.54, 1.807) is 18.0 Å². The molecule has 7 heteroatoms. The highest BCUT2D eigenvalue weighted by Crippen LogP contribution is 2.21. The fraction of sp³-hybridized carbons (Fsp3) is 0.267.